The zero-order chi connectivity index (χ0) is 17.4. The lowest BCUT2D eigenvalue weighted by Gasteiger charge is -2.20. The third-order valence-corrected chi connectivity index (χ3v) is 3.93. The van der Waals surface area contributed by atoms with Crippen molar-refractivity contribution >= 4 is 11.6 Å². The van der Waals surface area contributed by atoms with E-state index in [-0.39, 0.29) is 5.91 Å². The fraction of sp³-hybridized carbons (Fsp3) is 0.350. The van der Waals surface area contributed by atoms with Crippen LogP contribution in [0.25, 0.3) is 0 Å². The summed E-state index contributed by atoms with van der Waals surface area (Å²) in [5.74, 6) is 0.671. The molecule has 1 atom stereocenters. The van der Waals surface area contributed by atoms with Crippen LogP contribution in [0.2, 0.25) is 0 Å². The predicted molar refractivity (Wildman–Crippen MR) is 98.6 cm³/mol. The second-order valence-corrected chi connectivity index (χ2v) is 5.93. The van der Waals surface area contributed by atoms with Gasteiger partial charge in [-0.15, -0.1) is 0 Å². The third-order valence-electron chi connectivity index (χ3n) is 3.93. The van der Waals surface area contributed by atoms with Gasteiger partial charge in [-0.3, -0.25) is 4.79 Å². The Morgan fingerprint density at radius 2 is 1.79 bits per heavy atom. The highest BCUT2D eigenvalue weighted by molar-refractivity contribution is 5.80. The van der Waals surface area contributed by atoms with Crippen molar-refractivity contribution in [2.24, 2.45) is 0 Å². The standard InChI is InChI=1S/C20H26N2O2/c1-16-10-7-8-13-19(16)24-17(2)20(23)21-14-9-15-22(3)18-11-5-4-6-12-18/h4-8,10-13,17H,9,14-15H2,1-3H3,(H,21,23)/t17-/m1/s1. The van der Waals surface area contributed by atoms with E-state index in [2.05, 4.69) is 29.4 Å². The van der Waals surface area contributed by atoms with Gasteiger partial charge in [-0.05, 0) is 44.0 Å². The predicted octanol–water partition coefficient (Wildman–Crippen LogP) is 3.41. The summed E-state index contributed by atoms with van der Waals surface area (Å²) < 4.78 is 5.73. The quantitative estimate of drug-likeness (QED) is 0.756. The molecule has 0 aliphatic heterocycles. The van der Waals surface area contributed by atoms with Gasteiger partial charge in [0.15, 0.2) is 6.10 Å². The second-order valence-electron chi connectivity index (χ2n) is 5.93. The molecule has 2 aromatic rings. The number of hydrogen-bond acceptors (Lipinski definition) is 3. The molecule has 4 nitrogen and oxygen atoms in total. The number of amides is 1. The molecule has 0 bridgehead atoms. The Kier molecular flexibility index (Phi) is 6.67. The number of para-hydroxylation sites is 2. The smallest absolute Gasteiger partial charge is 0.260 e. The number of aryl methyl sites for hydroxylation is 1. The molecule has 0 saturated carbocycles. The van der Waals surface area contributed by atoms with E-state index in [0.717, 1.165) is 24.3 Å². The molecule has 1 N–H and O–H groups in total. The van der Waals surface area contributed by atoms with Crippen molar-refractivity contribution in [3.63, 3.8) is 0 Å². The van der Waals surface area contributed by atoms with Crippen LogP contribution in [0, 0.1) is 6.92 Å². The largest absolute Gasteiger partial charge is 0.481 e. The molecule has 0 heterocycles. The Morgan fingerprint density at radius 3 is 2.50 bits per heavy atom. The maximum Gasteiger partial charge on any atom is 0.260 e. The van der Waals surface area contributed by atoms with E-state index in [0.29, 0.717) is 6.54 Å². The summed E-state index contributed by atoms with van der Waals surface area (Å²) in [6, 6.07) is 17.9. The van der Waals surface area contributed by atoms with Gasteiger partial charge in [-0.1, -0.05) is 36.4 Å². The van der Waals surface area contributed by atoms with Crippen molar-refractivity contribution < 1.29 is 9.53 Å². The molecule has 4 heteroatoms. The Balaban J connectivity index is 1.70. The summed E-state index contributed by atoms with van der Waals surface area (Å²) in [5, 5.41) is 2.94. The normalized spacial score (nSPS) is 11.6. The molecule has 0 fully saturated rings. The molecular formula is C20H26N2O2. The Hall–Kier alpha value is -2.49. The second kappa shape index (κ2) is 8.96. The molecule has 0 aromatic heterocycles. The van der Waals surface area contributed by atoms with Gasteiger partial charge in [-0.2, -0.15) is 0 Å². The summed E-state index contributed by atoms with van der Waals surface area (Å²) in [7, 11) is 2.06. The molecule has 128 valence electrons. The van der Waals surface area contributed by atoms with Crippen LogP contribution in [0.3, 0.4) is 0 Å². The van der Waals surface area contributed by atoms with Gasteiger partial charge in [0.05, 0.1) is 0 Å². The number of hydrogen-bond donors (Lipinski definition) is 1. The van der Waals surface area contributed by atoms with E-state index in [4.69, 9.17) is 4.74 Å². The van der Waals surface area contributed by atoms with E-state index in [1.54, 1.807) is 6.92 Å². The fourth-order valence-corrected chi connectivity index (χ4v) is 2.42. The Bertz CT molecular complexity index is 643. The van der Waals surface area contributed by atoms with Gasteiger partial charge in [-0.25, -0.2) is 0 Å². The van der Waals surface area contributed by atoms with Crippen LogP contribution in [0.15, 0.2) is 54.6 Å². The molecule has 2 aromatic carbocycles. The molecule has 0 radical (unpaired) electrons. The van der Waals surface area contributed by atoms with Gasteiger partial charge in [0.1, 0.15) is 5.75 Å². The third kappa shape index (κ3) is 5.30. The lowest BCUT2D eigenvalue weighted by atomic mass is 10.2. The van der Waals surface area contributed by atoms with E-state index in [9.17, 15) is 4.79 Å². The molecule has 24 heavy (non-hydrogen) atoms. The number of rotatable bonds is 8. The van der Waals surface area contributed by atoms with Crippen LogP contribution in [0.4, 0.5) is 5.69 Å². The van der Waals surface area contributed by atoms with Gasteiger partial charge in [0, 0.05) is 25.8 Å². The number of anilines is 1. The minimum atomic E-state index is -0.502. The van der Waals surface area contributed by atoms with E-state index in [1.807, 2.05) is 49.4 Å². The zero-order valence-electron chi connectivity index (χ0n) is 14.7. The minimum absolute atomic E-state index is 0.0828. The SMILES string of the molecule is Cc1ccccc1O[C@H](C)C(=O)NCCCN(C)c1ccccc1. The van der Waals surface area contributed by atoms with Crippen LogP contribution in [0.5, 0.6) is 5.75 Å². The van der Waals surface area contributed by atoms with Crippen molar-refractivity contribution in [1.29, 1.82) is 0 Å². The van der Waals surface area contributed by atoms with Crippen LogP contribution in [0.1, 0.15) is 18.9 Å². The number of benzene rings is 2. The van der Waals surface area contributed by atoms with Crippen molar-refractivity contribution in [1.82, 2.24) is 5.32 Å². The molecule has 0 aliphatic carbocycles. The van der Waals surface area contributed by atoms with Crippen LogP contribution in [-0.2, 0) is 4.79 Å². The van der Waals surface area contributed by atoms with E-state index >= 15 is 0 Å². The highest BCUT2D eigenvalue weighted by Crippen LogP contribution is 2.17. The first kappa shape index (κ1) is 17.9. The van der Waals surface area contributed by atoms with Gasteiger partial charge in [0.25, 0.3) is 5.91 Å². The summed E-state index contributed by atoms with van der Waals surface area (Å²) in [6.45, 7) is 5.27. The summed E-state index contributed by atoms with van der Waals surface area (Å²) in [6.07, 6.45) is 0.381. The average Bonchev–Trinajstić information content (AvgIpc) is 2.61. The molecular weight excluding hydrogens is 300 g/mol. The Morgan fingerprint density at radius 1 is 1.12 bits per heavy atom. The number of nitrogens with one attached hydrogen (secondary N) is 1. The number of ether oxygens (including phenoxy) is 1. The molecule has 0 aliphatic rings. The first-order valence-corrected chi connectivity index (χ1v) is 8.34. The van der Waals surface area contributed by atoms with Crippen molar-refractivity contribution in [2.45, 2.75) is 26.4 Å². The van der Waals surface area contributed by atoms with E-state index < -0.39 is 6.10 Å². The van der Waals surface area contributed by atoms with Crippen molar-refractivity contribution in [2.75, 3.05) is 25.0 Å². The maximum atomic E-state index is 12.1. The lowest BCUT2D eigenvalue weighted by Crippen LogP contribution is -2.37. The fourth-order valence-electron chi connectivity index (χ4n) is 2.42. The van der Waals surface area contributed by atoms with Crippen LogP contribution in [-0.4, -0.2) is 32.1 Å². The molecule has 0 saturated heterocycles. The average molecular weight is 326 g/mol. The maximum absolute atomic E-state index is 12.1. The first-order chi connectivity index (χ1) is 11.6. The summed E-state index contributed by atoms with van der Waals surface area (Å²) in [4.78, 5) is 14.3. The molecule has 0 unspecified atom stereocenters. The highest BCUT2D eigenvalue weighted by atomic mass is 16.5. The van der Waals surface area contributed by atoms with Gasteiger partial charge in [0.2, 0.25) is 0 Å². The van der Waals surface area contributed by atoms with Crippen molar-refractivity contribution in [3.05, 3.63) is 60.2 Å². The molecule has 2 rings (SSSR count). The monoisotopic (exact) mass is 326 g/mol. The molecule has 0 spiro atoms. The summed E-state index contributed by atoms with van der Waals surface area (Å²) in [5.41, 5.74) is 2.21. The number of carbonyl (C=O) groups excluding carboxylic acids is 1. The highest BCUT2D eigenvalue weighted by Gasteiger charge is 2.14. The summed E-state index contributed by atoms with van der Waals surface area (Å²) >= 11 is 0. The van der Waals surface area contributed by atoms with Gasteiger partial charge >= 0.3 is 0 Å². The topological polar surface area (TPSA) is 41.6 Å². The van der Waals surface area contributed by atoms with Gasteiger partial charge < -0.3 is 15.0 Å². The van der Waals surface area contributed by atoms with E-state index in [1.165, 1.54) is 5.69 Å². The first-order valence-electron chi connectivity index (χ1n) is 8.34. The van der Waals surface area contributed by atoms with Crippen LogP contribution >= 0.6 is 0 Å². The Labute approximate surface area is 144 Å². The molecule has 1 amide bonds. The van der Waals surface area contributed by atoms with Crippen LogP contribution < -0.4 is 15.0 Å². The minimum Gasteiger partial charge on any atom is -0.481 e. The number of carbonyl (C=O) groups is 1. The van der Waals surface area contributed by atoms with Crippen molar-refractivity contribution in [3.8, 4) is 5.75 Å². The number of nitrogens with zero attached hydrogens (tertiary/aromatic N) is 1. The lowest BCUT2D eigenvalue weighted by molar-refractivity contribution is -0.127. The zero-order valence-corrected chi connectivity index (χ0v) is 14.7.